The maximum atomic E-state index is 11.3. The highest BCUT2D eigenvalue weighted by molar-refractivity contribution is 7.17. The van der Waals surface area contributed by atoms with Gasteiger partial charge in [-0.05, 0) is 54.5 Å². The van der Waals surface area contributed by atoms with E-state index in [1.54, 1.807) is 23.5 Å². The topological polar surface area (TPSA) is 75.3 Å². The molecule has 2 N–H and O–H groups in total. The van der Waals surface area contributed by atoms with Crippen LogP contribution < -0.4 is 15.5 Å². The van der Waals surface area contributed by atoms with Crippen molar-refractivity contribution in [1.29, 1.82) is 0 Å². The normalized spacial score (nSPS) is 14.8. The Labute approximate surface area is 175 Å². The molecule has 0 saturated carbocycles. The number of carbonyl (C=O) groups is 1. The number of amides is 1. The molecule has 3 aromatic rings. The van der Waals surface area contributed by atoms with E-state index in [4.69, 9.17) is 10.7 Å². The third kappa shape index (κ3) is 4.05. The molecule has 1 saturated heterocycles. The first-order chi connectivity index (χ1) is 13.9. The van der Waals surface area contributed by atoms with E-state index in [0.717, 1.165) is 54.8 Å². The van der Waals surface area contributed by atoms with Gasteiger partial charge in [0.25, 0.3) is 0 Å². The number of hydrogen-bond donors (Lipinski definition) is 1. The van der Waals surface area contributed by atoms with Crippen molar-refractivity contribution < 1.29 is 4.79 Å². The molecule has 152 valence electrons. The van der Waals surface area contributed by atoms with Crippen molar-refractivity contribution in [3.8, 4) is 0 Å². The van der Waals surface area contributed by atoms with E-state index in [1.807, 2.05) is 19.1 Å². The van der Waals surface area contributed by atoms with Crippen LogP contribution in [0.15, 0.2) is 29.6 Å². The SMILES string of the molecule is Cc1nc(N2CCN(c3ccc(C(N)=O)cc3)CC2)c2c(CC(C)C)csc2n1. The van der Waals surface area contributed by atoms with E-state index in [2.05, 4.69) is 34.0 Å². The molecule has 1 aliphatic rings. The summed E-state index contributed by atoms with van der Waals surface area (Å²) >= 11 is 1.72. The van der Waals surface area contributed by atoms with Crippen LogP contribution in [0.4, 0.5) is 11.5 Å². The number of anilines is 2. The molecule has 29 heavy (non-hydrogen) atoms. The Morgan fingerprint density at radius 3 is 2.38 bits per heavy atom. The number of benzene rings is 1. The van der Waals surface area contributed by atoms with Crippen LogP contribution in [-0.2, 0) is 6.42 Å². The average molecular weight is 410 g/mol. The Morgan fingerprint density at radius 2 is 1.76 bits per heavy atom. The Hall–Kier alpha value is -2.67. The summed E-state index contributed by atoms with van der Waals surface area (Å²) in [6.45, 7) is 10.1. The summed E-state index contributed by atoms with van der Waals surface area (Å²) in [4.78, 5) is 26.6. The Kier molecular flexibility index (Phi) is 5.41. The summed E-state index contributed by atoms with van der Waals surface area (Å²) in [6, 6.07) is 7.54. The van der Waals surface area contributed by atoms with Crippen LogP contribution in [0.2, 0.25) is 0 Å². The molecule has 7 heteroatoms. The molecule has 1 aromatic carbocycles. The van der Waals surface area contributed by atoms with Crippen LogP contribution in [-0.4, -0.2) is 42.1 Å². The van der Waals surface area contributed by atoms with Crippen LogP contribution in [0.5, 0.6) is 0 Å². The van der Waals surface area contributed by atoms with Crippen LogP contribution in [0.3, 0.4) is 0 Å². The lowest BCUT2D eigenvalue weighted by Gasteiger charge is -2.37. The van der Waals surface area contributed by atoms with Gasteiger partial charge >= 0.3 is 0 Å². The van der Waals surface area contributed by atoms with Gasteiger partial charge in [0.2, 0.25) is 5.91 Å². The van der Waals surface area contributed by atoms with Gasteiger partial charge in [-0.3, -0.25) is 4.79 Å². The largest absolute Gasteiger partial charge is 0.368 e. The van der Waals surface area contributed by atoms with Crippen molar-refractivity contribution in [3.05, 3.63) is 46.6 Å². The number of carbonyl (C=O) groups excluding carboxylic acids is 1. The monoisotopic (exact) mass is 409 g/mol. The molecular formula is C22H27N5OS. The molecule has 0 bridgehead atoms. The Balaban J connectivity index is 1.56. The van der Waals surface area contributed by atoms with Crippen molar-refractivity contribution >= 4 is 39.0 Å². The molecule has 0 spiro atoms. The van der Waals surface area contributed by atoms with Gasteiger partial charge in [-0.2, -0.15) is 0 Å². The molecule has 6 nitrogen and oxygen atoms in total. The van der Waals surface area contributed by atoms with Crippen LogP contribution >= 0.6 is 11.3 Å². The van der Waals surface area contributed by atoms with Crippen molar-refractivity contribution in [2.45, 2.75) is 27.2 Å². The minimum Gasteiger partial charge on any atom is -0.368 e. The highest BCUT2D eigenvalue weighted by Gasteiger charge is 2.23. The first-order valence-corrected chi connectivity index (χ1v) is 10.9. The number of nitrogens with two attached hydrogens (primary N) is 1. The summed E-state index contributed by atoms with van der Waals surface area (Å²) in [5.74, 6) is 2.11. The van der Waals surface area contributed by atoms with Crippen LogP contribution in [0, 0.1) is 12.8 Å². The van der Waals surface area contributed by atoms with Gasteiger partial charge in [-0.15, -0.1) is 11.3 Å². The fourth-order valence-corrected chi connectivity index (χ4v) is 4.91. The summed E-state index contributed by atoms with van der Waals surface area (Å²) in [5, 5.41) is 3.48. The summed E-state index contributed by atoms with van der Waals surface area (Å²) < 4.78 is 0. The molecule has 0 atom stereocenters. The molecule has 0 unspecified atom stereocenters. The fourth-order valence-electron chi connectivity index (χ4n) is 3.92. The van der Waals surface area contributed by atoms with E-state index in [9.17, 15) is 4.79 Å². The molecule has 1 amide bonds. The highest BCUT2D eigenvalue weighted by Crippen LogP contribution is 2.34. The van der Waals surface area contributed by atoms with Gasteiger partial charge in [0.15, 0.2) is 0 Å². The number of hydrogen-bond acceptors (Lipinski definition) is 6. The minimum atomic E-state index is -0.391. The number of aryl methyl sites for hydroxylation is 1. The molecule has 4 rings (SSSR count). The lowest BCUT2D eigenvalue weighted by Crippen LogP contribution is -2.47. The Bertz CT molecular complexity index is 1020. The van der Waals surface area contributed by atoms with E-state index < -0.39 is 5.91 Å². The third-order valence-corrected chi connectivity index (χ3v) is 6.25. The number of piperazine rings is 1. The van der Waals surface area contributed by atoms with Gasteiger partial charge < -0.3 is 15.5 Å². The van der Waals surface area contributed by atoms with E-state index >= 15 is 0 Å². The lowest BCUT2D eigenvalue weighted by atomic mass is 10.0. The number of aromatic nitrogens is 2. The van der Waals surface area contributed by atoms with Crippen molar-refractivity contribution in [3.63, 3.8) is 0 Å². The van der Waals surface area contributed by atoms with Crippen molar-refractivity contribution in [2.24, 2.45) is 11.7 Å². The summed E-state index contributed by atoms with van der Waals surface area (Å²) in [6.07, 6.45) is 1.05. The summed E-state index contributed by atoms with van der Waals surface area (Å²) in [5.41, 5.74) is 8.37. The number of fused-ring (bicyclic) bond motifs is 1. The van der Waals surface area contributed by atoms with E-state index in [1.165, 1.54) is 10.9 Å². The quantitative estimate of drug-likeness (QED) is 0.696. The first kappa shape index (κ1) is 19.6. The number of thiophene rings is 1. The van der Waals surface area contributed by atoms with Crippen LogP contribution in [0.25, 0.3) is 10.2 Å². The van der Waals surface area contributed by atoms with Crippen molar-refractivity contribution in [2.75, 3.05) is 36.0 Å². The second-order valence-corrected chi connectivity index (χ2v) is 8.88. The van der Waals surface area contributed by atoms with Gasteiger partial charge in [-0.1, -0.05) is 13.8 Å². The molecular weight excluding hydrogens is 382 g/mol. The second-order valence-electron chi connectivity index (χ2n) is 8.02. The predicted octanol–water partition coefficient (Wildman–Crippen LogP) is 3.62. The van der Waals surface area contributed by atoms with Crippen LogP contribution in [0.1, 0.15) is 35.6 Å². The molecule has 1 aliphatic heterocycles. The number of nitrogens with zero attached hydrogens (tertiary/aromatic N) is 4. The first-order valence-electron chi connectivity index (χ1n) is 10.1. The van der Waals surface area contributed by atoms with Gasteiger partial charge in [-0.25, -0.2) is 9.97 Å². The number of primary amides is 1. The Morgan fingerprint density at radius 1 is 1.10 bits per heavy atom. The molecule has 2 aromatic heterocycles. The zero-order valence-electron chi connectivity index (χ0n) is 17.2. The number of rotatable bonds is 5. The predicted molar refractivity (Wildman–Crippen MR) is 120 cm³/mol. The molecule has 1 fully saturated rings. The van der Waals surface area contributed by atoms with Gasteiger partial charge in [0.05, 0.1) is 5.39 Å². The smallest absolute Gasteiger partial charge is 0.248 e. The maximum Gasteiger partial charge on any atom is 0.248 e. The van der Waals surface area contributed by atoms with Gasteiger partial charge in [0.1, 0.15) is 16.5 Å². The van der Waals surface area contributed by atoms with E-state index in [-0.39, 0.29) is 0 Å². The van der Waals surface area contributed by atoms with Gasteiger partial charge in [0, 0.05) is 37.4 Å². The molecule has 3 heterocycles. The fraction of sp³-hybridized carbons (Fsp3) is 0.409. The third-order valence-electron chi connectivity index (χ3n) is 5.33. The lowest BCUT2D eigenvalue weighted by molar-refractivity contribution is 0.100. The summed E-state index contributed by atoms with van der Waals surface area (Å²) in [7, 11) is 0. The molecule has 0 radical (unpaired) electrons. The average Bonchev–Trinajstić information content (AvgIpc) is 3.09. The highest BCUT2D eigenvalue weighted by atomic mass is 32.1. The standard InChI is InChI=1S/C22H27N5OS/c1-14(2)12-17-13-29-22-19(17)21(24-15(3)25-22)27-10-8-26(9-11-27)18-6-4-16(5-7-18)20(23)28/h4-7,13-14H,8-12H2,1-3H3,(H2,23,28). The maximum absolute atomic E-state index is 11.3. The van der Waals surface area contributed by atoms with E-state index in [0.29, 0.717) is 11.5 Å². The zero-order chi connectivity index (χ0) is 20.5. The molecule has 0 aliphatic carbocycles. The minimum absolute atomic E-state index is 0.391. The zero-order valence-corrected chi connectivity index (χ0v) is 18.0. The second kappa shape index (κ2) is 7.99. The van der Waals surface area contributed by atoms with Crippen molar-refractivity contribution in [1.82, 2.24) is 9.97 Å².